The fourth-order valence-corrected chi connectivity index (χ4v) is 2.52. The van der Waals surface area contributed by atoms with Gasteiger partial charge in [0.2, 0.25) is 5.91 Å². The molecule has 158 valence electrons. The first-order chi connectivity index (χ1) is 14.1. The molecule has 2 rings (SSSR count). The molecule has 0 aliphatic heterocycles. The average molecular weight is 420 g/mol. The molecule has 0 aliphatic carbocycles. The molecular weight excluding hydrogens is 400 g/mol. The minimum Gasteiger partial charge on any atom is -0.343 e. The van der Waals surface area contributed by atoms with Gasteiger partial charge in [-0.2, -0.15) is 13.2 Å². The highest BCUT2D eigenvalue weighted by Crippen LogP contribution is 2.29. The van der Waals surface area contributed by atoms with Crippen LogP contribution in [0.2, 0.25) is 0 Å². The molecule has 2 amide bonds. The van der Waals surface area contributed by atoms with Gasteiger partial charge >= 0.3 is 6.18 Å². The SMILES string of the molecule is CC(C)[C@H](NC(=O)c1ccc(F)cc1)C(=O)NCC#Cc1cccc(C(F)(F)F)c1. The summed E-state index contributed by atoms with van der Waals surface area (Å²) in [6.45, 7) is 3.37. The Morgan fingerprint density at radius 2 is 1.73 bits per heavy atom. The summed E-state index contributed by atoms with van der Waals surface area (Å²) in [7, 11) is 0. The molecule has 30 heavy (non-hydrogen) atoms. The highest BCUT2D eigenvalue weighted by molar-refractivity contribution is 5.97. The van der Waals surface area contributed by atoms with E-state index in [0.29, 0.717) is 0 Å². The third-order valence-corrected chi connectivity index (χ3v) is 4.12. The molecule has 8 heteroatoms. The van der Waals surface area contributed by atoms with Gasteiger partial charge in [0.1, 0.15) is 11.9 Å². The fourth-order valence-electron chi connectivity index (χ4n) is 2.52. The van der Waals surface area contributed by atoms with Gasteiger partial charge in [-0.15, -0.1) is 0 Å². The molecule has 0 radical (unpaired) electrons. The van der Waals surface area contributed by atoms with Crippen molar-refractivity contribution in [3.8, 4) is 11.8 Å². The van der Waals surface area contributed by atoms with Gasteiger partial charge in [0, 0.05) is 11.1 Å². The first-order valence-electron chi connectivity index (χ1n) is 9.08. The summed E-state index contributed by atoms with van der Waals surface area (Å²) >= 11 is 0. The average Bonchev–Trinajstić information content (AvgIpc) is 2.69. The number of benzene rings is 2. The number of amides is 2. The van der Waals surface area contributed by atoms with Gasteiger partial charge in [0.25, 0.3) is 5.91 Å². The van der Waals surface area contributed by atoms with Crippen molar-refractivity contribution in [1.82, 2.24) is 10.6 Å². The van der Waals surface area contributed by atoms with Gasteiger partial charge in [0.05, 0.1) is 12.1 Å². The van der Waals surface area contributed by atoms with Gasteiger partial charge in [0.15, 0.2) is 0 Å². The summed E-state index contributed by atoms with van der Waals surface area (Å²) in [6.07, 6.45) is -4.46. The topological polar surface area (TPSA) is 58.2 Å². The molecule has 1 atom stereocenters. The normalized spacial score (nSPS) is 12.0. The summed E-state index contributed by atoms with van der Waals surface area (Å²) in [5.41, 5.74) is -0.426. The molecule has 0 aromatic heterocycles. The Morgan fingerprint density at radius 3 is 2.33 bits per heavy atom. The number of alkyl halides is 3. The summed E-state index contributed by atoms with van der Waals surface area (Å²) in [6, 6.07) is 8.60. The zero-order valence-electron chi connectivity index (χ0n) is 16.3. The maximum atomic E-state index is 13.0. The van der Waals surface area contributed by atoms with E-state index in [9.17, 15) is 27.2 Å². The second kappa shape index (κ2) is 9.92. The molecule has 0 aliphatic rings. The Labute approximate surface area is 171 Å². The molecule has 0 heterocycles. The number of rotatable bonds is 5. The second-order valence-corrected chi connectivity index (χ2v) is 6.80. The summed E-state index contributed by atoms with van der Waals surface area (Å²) in [5.74, 6) is 3.41. The zero-order valence-corrected chi connectivity index (χ0v) is 16.3. The Balaban J connectivity index is 1.97. The van der Waals surface area contributed by atoms with Crippen molar-refractivity contribution in [3.63, 3.8) is 0 Å². The van der Waals surface area contributed by atoms with E-state index in [1.807, 2.05) is 0 Å². The molecule has 2 aromatic carbocycles. The van der Waals surface area contributed by atoms with Crippen LogP contribution in [-0.4, -0.2) is 24.4 Å². The Bertz CT molecular complexity index is 958. The molecule has 2 N–H and O–H groups in total. The van der Waals surface area contributed by atoms with E-state index in [1.165, 1.54) is 24.3 Å². The fraction of sp³-hybridized carbons (Fsp3) is 0.273. The van der Waals surface area contributed by atoms with Crippen LogP contribution in [0.1, 0.15) is 35.3 Å². The van der Waals surface area contributed by atoms with Crippen molar-refractivity contribution in [3.05, 3.63) is 71.0 Å². The molecule has 4 nitrogen and oxygen atoms in total. The number of carbonyl (C=O) groups excluding carboxylic acids is 2. The summed E-state index contributed by atoms with van der Waals surface area (Å²) in [4.78, 5) is 24.7. The first kappa shape index (κ1) is 22.9. The predicted octanol–water partition coefficient (Wildman–Crippen LogP) is 3.77. The Morgan fingerprint density at radius 1 is 1.07 bits per heavy atom. The largest absolute Gasteiger partial charge is 0.416 e. The summed E-state index contributed by atoms with van der Waals surface area (Å²) in [5, 5.41) is 5.12. The van der Waals surface area contributed by atoms with E-state index >= 15 is 0 Å². The van der Waals surface area contributed by atoms with Gasteiger partial charge < -0.3 is 10.6 Å². The van der Waals surface area contributed by atoms with Crippen LogP contribution >= 0.6 is 0 Å². The van der Waals surface area contributed by atoms with Crippen molar-refractivity contribution < 1.29 is 27.2 Å². The molecule has 0 saturated heterocycles. The van der Waals surface area contributed by atoms with E-state index in [0.717, 1.165) is 24.3 Å². The zero-order chi connectivity index (χ0) is 22.3. The van der Waals surface area contributed by atoms with Crippen LogP contribution in [0.15, 0.2) is 48.5 Å². The quantitative estimate of drug-likeness (QED) is 0.572. The smallest absolute Gasteiger partial charge is 0.343 e. The van der Waals surface area contributed by atoms with Crippen molar-refractivity contribution in [2.75, 3.05) is 6.54 Å². The van der Waals surface area contributed by atoms with Gasteiger partial charge in [-0.1, -0.05) is 31.8 Å². The van der Waals surface area contributed by atoms with E-state index in [4.69, 9.17) is 0 Å². The third-order valence-electron chi connectivity index (χ3n) is 4.12. The molecule has 2 aromatic rings. The monoisotopic (exact) mass is 420 g/mol. The number of hydrogen-bond acceptors (Lipinski definition) is 2. The van der Waals surface area contributed by atoms with E-state index < -0.39 is 35.4 Å². The van der Waals surface area contributed by atoms with Gasteiger partial charge in [-0.25, -0.2) is 4.39 Å². The molecule has 0 fully saturated rings. The van der Waals surface area contributed by atoms with Crippen molar-refractivity contribution >= 4 is 11.8 Å². The number of carbonyl (C=O) groups is 2. The Hall–Kier alpha value is -3.34. The number of nitrogens with one attached hydrogen (secondary N) is 2. The van der Waals surface area contributed by atoms with Crippen LogP contribution in [0.5, 0.6) is 0 Å². The van der Waals surface area contributed by atoms with Crippen LogP contribution in [-0.2, 0) is 11.0 Å². The van der Waals surface area contributed by atoms with Gasteiger partial charge in [-0.3, -0.25) is 9.59 Å². The Kier molecular flexibility index (Phi) is 7.59. The highest BCUT2D eigenvalue weighted by atomic mass is 19.4. The summed E-state index contributed by atoms with van der Waals surface area (Å²) < 4.78 is 51.1. The standard InChI is InChI=1S/C22H20F4N2O2/c1-14(2)19(28-20(29)16-8-10-18(23)11-9-16)21(30)27-12-4-6-15-5-3-7-17(13-15)22(24,25)26/h3,5,7-11,13-14,19H,12H2,1-2H3,(H,27,30)(H,28,29)/t19-/m0/s1. The lowest BCUT2D eigenvalue weighted by atomic mass is 10.0. The number of halogens is 4. The maximum Gasteiger partial charge on any atom is 0.416 e. The lowest BCUT2D eigenvalue weighted by Gasteiger charge is -2.21. The molecular formula is C22H20F4N2O2. The third kappa shape index (κ3) is 6.62. The van der Waals surface area contributed by atoms with Crippen LogP contribution in [0.4, 0.5) is 17.6 Å². The van der Waals surface area contributed by atoms with E-state index in [-0.39, 0.29) is 23.6 Å². The maximum absolute atomic E-state index is 13.0. The first-order valence-corrected chi connectivity index (χ1v) is 9.08. The van der Waals surface area contributed by atoms with Crippen molar-refractivity contribution in [1.29, 1.82) is 0 Å². The van der Waals surface area contributed by atoms with Crippen molar-refractivity contribution in [2.24, 2.45) is 5.92 Å². The van der Waals surface area contributed by atoms with E-state index in [1.54, 1.807) is 13.8 Å². The predicted molar refractivity (Wildman–Crippen MR) is 104 cm³/mol. The van der Waals surface area contributed by atoms with Gasteiger partial charge in [-0.05, 0) is 48.4 Å². The molecule has 0 bridgehead atoms. The second-order valence-electron chi connectivity index (χ2n) is 6.80. The minimum atomic E-state index is -4.46. The lowest BCUT2D eigenvalue weighted by molar-refractivity contribution is -0.137. The highest BCUT2D eigenvalue weighted by Gasteiger charge is 2.30. The number of hydrogen-bond donors (Lipinski definition) is 2. The lowest BCUT2D eigenvalue weighted by Crippen LogP contribution is -2.49. The van der Waals surface area contributed by atoms with Crippen LogP contribution in [0, 0.1) is 23.6 Å². The van der Waals surface area contributed by atoms with Crippen LogP contribution in [0.25, 0.3) is 0 Å². The molecule has 0 saturated carbocycles. The van der Waals surface area contributed by atoms with Crippen LogP contribution in [0.3, 0.4) is 0 Å². The molecule has 0 spiro atoms. The van der Waals surface area contributed by atoms with Crippen molar-refractivity contribution in [2.45, 2.75) is 26.1 Å². The van der Waals surface area contributed by atoms with E-state index in [2.05, 4.69) is 22.5 Å². The van der Waals surface area contributed by atoms with Crippen LogP contribution < -0.4 is 10.6 Å². The minimum absolute atomic E-state index is 0.106. The molecule has 0 unspecified atom stereocenters.